The fourth-order valence-corrected chi connectivity index (χ4v) is 1.69. The lowest BCUT2D eigenvalue weighted by molar-refractivity contribution is 0.00399. The molecule has 0 aromatic heterocycles. The van der Waals surface area contributed by atoms with Crippen LogP contribution in [0.2, 0.25) is 0 Å². The van der Waals surface area contributed by atoms with E-state index in [1.807, 2.05) is 13.8 Å². The minimum atomic E-state index is -0.211. The maximum Gasteiger partial charge on any atom is 0.409 e. The lowest BCUT2D eigenvalue weighted by atomic mass is 10.1. The summed E-state index contributed by atoms with van der Waals surface area (Å²) in [5.74, 6) is 0. The molecule has 1 fully saturated rings. The Kier molecular flexibility index (Phi) is 4.73. The molecule has 1 saturated heterocycles. The molecule has 0 bridgehead atoms. The standard InChI is InChI=1S/C10H19NO3/c1-3-13-9-6-5-7-11(8-9)10(12)14-4-2/h9H,3-8H2,1-2H3/t9-/m1/s1. The zero-order valence-electron chi connectivity index (χ0n) is 8.99. The Labute approximate surface area is 85.2 Å². The van der Waals surface area contributed by atoms with E-state index in [1.165, 1.54) is 0 Å². The molecule has 1 heterocycles. The van der Waals surface area contributed by atoms with Gasteiger partial charge in [0.2, 0.25) is 0 Å². The van der Waals surface area contributed by atoms with Crippen LogP contribution < -0.4 is 0 Å². The molecule has 0 radical (unpaired) electrons. The van der Waals surface area contributed by atoms with Crippen molar-refractivity contribution in [1.82, 2.24) is 4.90 Å². The van der Waals surface area contributed by atoms with Gasteiger partial charge in [0.05, 0.1) is 19.3 Å². The summed E-state index contributed by atoms with van der Waals surface area (Å²) < 4.78 is 10.4. The Morgan fingerprint density at radius 1 is 1.43 bits per heavy atom. The molecule has 0 aromatic carbocycles. The van der Waals surface area contributed by atoms with E-state index >= 15 is 0 Å². The summed E-state index contributed by atoms with van der Waals surface area (Å²) in [4.78, 5) is 13.1. The van der Waals surface area contributed by atoms with Gasteiger partial charge in [-0.2, -0.15) is 0 Å². The maximum atomic E-state index is 11.4. The zero-order valence-corrected chi connectivity index (χ0v) is 8.99. The second kappa shape index (κ2) is 5.86. The normalized spacial score (nSPS) is 22.1. The van der Waals surface area contributed by atoms with E-state index < -0.39 is 0 Å². The first-order valence-corrected chi connectivity index (χ1v) is 5.31. The summed E-state index contributed by atoms with van der Waals surface area (Å²) in [5.41, 5.74) is 0. The van der Waals surface area contributed by atoms with E-state index in [2.05, 4.69) is 0 Å². The van der Waals surface area contributed by atoms with E-state index in [0.717, 1.165) is 19.4 Å². The van der Waals surface area contributed by atoms with Crippen LogP contribution in [0.3, 0.4) is 0 Å². The highest BCUT2D eigenvalue weighted by molar-refractivity contribution is 5.67. The number of hydrogen-bond donors (Lipinski definition) is 0. The Bertz CT molecular complexity index is 182. The van der Waals surface area contributed by atoms with E-state index in [0.29, 0.717) is 19.8 Å². The molecule has 0 aromatic rings. The van der Waals surface area contributed by atoms with E-state index in [4.69, 9.17) is 9.47 Å². The van der Waals surface area contributed by atoms with Gasteiger partial charge in [-0.15, -0.1) is 0 Å². The average Bonchev–Trinajstić information content (AvgIpc) is 2.19. The van der Waals surface area contributed by atoms with Crippen molar-refractivity contribution in [2.45, 2.75) is 32.8 Å². The van der Waals surface area contributed by atoms with Gasteiger partial charge in [0.1, 0.15) is 0 Å². The quantitative estimate of drug-likeness (QED) is 0.696. The number of piperidine rings is 1. The third kappa shape index (κ3) is 3.18. The van der Waals surface area contributed by atoms with Crippen molar-refractivity contribution < 1.29 is 14.3 Å². The molecule has 0 N–H and O–H groups in total. The molecule has 1 rings (SSSR count). The van der Waals surface area contributed by atoms with Gasteiger partial charge in [-0.05, 0) is 26.7 Å². The third-order valence-corrected chi connectivity index (χ3v) is 2.31. The van der Waals surface area contributed by atoms with Crippen molar-refractivity contribution in [3.8, 4) is 0 Å². The lowest BCUT2D eigenvalue weighted by Gasteiger charge is -2.31. The fourth-order valence-electron chi connectivity index (χ4n) is 1.69. The Morgan fingerprint density at radius 2 is 2.21 bits per heavy atom. The molecule has 0 spiro atoms. The van der Waals surface area contributed by atoms with Crippen molar-refractivity contribution in [2.24, 2.45) is 0 Å². The van der Waals surface area contributed by atoms with Crippen molar-refractivity contribution in [3.05, 3.63) is 0 Å². The minimum absolute atomic E-state index is 0.193. The summed E-state index contributed by atoms with van der Waals surface area (Å²) in [6, 6.07) is 0. The highest BCUT2D eigenvalue weighted by Crippen LogP contribution is 2.13. The molecular formula is C10H19NO3. The van der Waals surface area contributed by atoms with Gasteiger partial charge in [0.25, 0.3) is 0 Å². The highest BCUT2D eigenvalue weighted by atomic mass is 16.6. The molecule has 4 heteroatoms. The molecule has 1 atom stereocenters. The molecule has 1 aliphatic heterocycles. The number of nitrogens with zero attached hydrogens (tertiary/aromatic N) is 1. The van der Waals surface area contributed by atoms with Crippen LogP contribution in [0.15, 0.2) is 0 Å². The predicted molar refractivity (Wildman–Crippen MR) is 53.2 cm³/mol. The summed E-state index contributed by atoms with van der Waals surface area (Å²) in [6.45, 7) is 6.41. The summed E-state index contributed by atoms with van der Waals surface area (Å²) in [5, 5.41) is 0. The van der Waals surface area contributed by atoms with Gasteiger partial charge in [-0.25, -0.2) is 4.79 Å². The van der Waals surface area contributed by atoms with Gasteiger partial charge in [0, 0.05) is 13.2 Å². The van der Waals surface area contributed by atoms with Gasteiger partial charge in [-0.3, -0.25) is 0 Å². The largest absolute Gasteiger partial charge is 0.450 e. The van der Waals surface area contributed by atoms with Crippen LogP contribution >= 0.6 is 0 Å². The Morgan fingerprint density at radius 3 is 2.86 bits per heavy atom. The van der Waals surface area contributed by atoms with Crippen LogP contribution in [-0.2, 0) is 9.47 Å². The first-order chi connectivity index (χ1) is 6.77. The molecule has 0 saturated carbocycles. The molecule has 1 aliphatic rings. The van der Waals surface area contributed by atoms with Crippen LogP contribution in [0.4, 0.5) is 4.79 Å². The first kappa shape index (κ1) is 11.3. The maximum absolute atomic E-state index is 11.4. The van der Waals surface area contributed by atoms with Crippen LogP contribution in [0, 0.1) is 0 Å². The second-order valence-electron chi connectivity index (χ2n) is 3.36. The van der Waals surface area contributed by atoms with Crippen molar-refractivity contribution in [3.63, 3.8) is 0 Å². The average molecular weight is 201 g/mol. The van der Waals surface area contributed by atoms with Crippen LogP contribution in [-0.4, -0.2) is 43.4 Å². The predicted octanol–water partition coefficient (Wildman–Crippen LogP) is 1.64. The summed E-state index contributed by atoms with van der Waals surface area (Å²) >= 11 is 0. The SMILES string of the molecule is CCOC(=O)N1CCC[C@@H](OCC)C1. The summed E-state index contributed by atoms with van der Waals surface area (Å²) in [7, 11) is 0. The van der Waals surface area contributed by atoms with E-state index in [1.54, 1.807) is 4.90 Å². The van der Waals surface area contributed by atoms with Gasteiger partial charge in [-0.1, -0.05) is 0 Å². The third-order valence-electron chi connectivity index (χ3n) is 2.31. The Balaban J connectivity index is 2.35. The number of amides is 1. The topological polar surface area (TPSA) is 38.8 Å². The summed E-state index contributed by atoms with van der Waals surface area (Å²) in [6.07, 6.45) is 2.03. The first-order valence-electron chi connectivity index (χ1n) is 5.31. The number of likely N-dealkylation sites (tertiary alicyclic amines) is 1. The highest BCUT2D eigenvalue weighted by Gasteiger charge is 2.24. The van der Waals surface area contributed by atoms with Crippen LogP contribution in [0.25, 0.3) is 0 Å². The van der Waals surface area contributed by atoms with E-state index in [-0.39, 0.29) is 12.2 Å². The van der Waals surface area contributed by atoms with Crippen molar-refractivity contribution >= 4 is 6.09 Å². The smallest absolute Gasteiger partial charge is 0.409 e. The van der Waals surface area contributed by atoms with Gasteiger partial charge in [0.15, 0.2) is 0 Å². The zero-order chi connectivity index (χ0) is 10.4. The molecule has 4 nitrogen and oxygen atoms in total. The second-order valence-corrected chi connectivity index (χ2v) is 3.36. The van der Waals surface area contributed by atoms with Crippen LogP contribution in [0.1, 0.15) is 26.7 Å². The van der Waals surface area contributed by atoms with Crippen LogP contribution in [0.5, 0.6) is 0 Å². The fraction of sp³-hybridized carbons (Fsp3) is 0.900. The molecule has 82 valence electrons. The number of hydrogen-bond acceptors (Lipinski definition) is 3. The van der Waals surface area contributed by atoms with Gasteiger partial charge >= 0.3 is 6.09 Å². The molecule has 0 unspecified atom stereocenters. The van der Waals surface area contributed by atoms with Crippen molar-refractivity contribution in [1.29, 1.82) is 0 Å². The number of rotatable bonds is 3. The number of carbonyl (C=O) groups is 1. The number of carbonyl (C=O) groups excluding carboxylic acids is 1. The molecule has 1 amide bonds. The monoisotopic (exact) mass is 201 g/mol. The Hall–Kier alpha value is -0.770. The molecule has 14 heavy (non-hydrogen) atoms. The molecular weight excluding hydrogens is 182 g/mol. The van der Waals surface area contributed by atoms with E-state index in [9.17, 15) is 4.79 Å². The van der Waals surface area contributed by atoms with Crippen molar-refractivity contribution in [2.75, 3.05) is 26.3 Å². The molecule has 0 aliphatic carbocycles. The lowest BCUT2D eigenvalue weighted by Crippen LogP contribution is -2.43. The van der Waals surface area contributed by atoms with Gasteiger partial charge < -0.3 is 14.4 Å². The minimum Gasteiger partial charge on any atom is -0.450 e. The number of ether oxygens (including phenoxy) is 2.